The van der Waals surface area contributed by atoms with Crippen LogP contribution in [0.2, 0.25) is 0 Å². The minimum Gasteiger partial charge on any atom is -0.382 e. The predicted octanol–water partition coefficient (Wildman–Crippen LogP) is 5.24. The molecule has 0 amide bonds. The van der Waals surface area contributed by atoms with Gasteiger partial charge in [0.2, 0.25) is 5.78 Å². The smallest absolute Gasteiger partial charge is 0.207 e. The zero-order valence-corrected chi connectivity index (χ0v) is 16.5. The van der Waals surface area contributed by atoms with E-state index in [0.717, 1.165) is 27.9 Å². The molecule has 1 aromatic heterocycles. The van der Waals surface area contributed by atoms with Crippen LogP contribution in [0.25, 0.3) is 0 Å². The first-order valence-corrected chi connectivity index (χ1v) is 9.31. The average Bonchev–Trinajstić information content (AvgIpc) is 2.89. The number of thiazole rings is 1. The first-order valence-electron chi connectivity index (χ1n) is 8.49. The van der Waals surface area contributed by atoms with Crippen molar-refractivity contribution in [2.24, 2.45) is 0 Å². The van der Waals surface area contributed by atoms with Gasteiger partial charge in [-0.1, -0.05) is 46.7 Å². The van der Waals surface area contributed by atoms with Gasteiger partial charge in [-0.05, 0) is 57.4 Å². The predicted molar refractivity (Wildman–Crippen MR) is 110 cm³/mol. The van der Waals surface area contributed by atoms with E-state index in [-0.39, 0.29) is 11.6 Å². The quantitative estimate of drug-likeness (QED) is 0.620. The van der Waals surface area contributed by atoms with Gasteiger partial charge in [0.1, 0.15) is 10.7 Å². The number of nitrogen functional groups attached to an aromatic ring is 1. The number of aromatic nitrogens is 1. The number of nitrogens with one attached hydrogen (secondary N) is 1. The van der Waals surface area contributed by atoms with E-state index in [4.69, 9.17) is 5.73 Å². The molecule has 5 heteroatoms. The molecule has 0 saturated heterocycles. The number of ketones is 1. The normalized spacial score (nSPS) is 10.8. The Balaban J connectivity index is 1.94. The molecule has 0 aliphatic heterocycles. The fourth-order valence-corrected chi connectivity index (χ4v) is 4.11. The van der Waals surface area contributed by atoms with Crippen LogP contribution in [-0.4, -0.2) is 10.8 Å². The standard InChI is InChI=1S/C21H23N3OS/c1-11-6-7-16(13(3)8-11)23-21-24-20(22)19(26-21)18(25)17-14(4)9-12(2)10-15(17)5/h6-10H,22H2,1-5H3,(H,23,24). The molecule has 3 aromatic rings. The molecule has 4 nitrogen and oxygen atoms in total. The minimum atomic E-state index is -0.0660. The lowest BCUT2D eigenvalue weighted by Crippen LogP contribution is -2.07. The third-order valence-corrected chi connectivity index (χ3v) is 5.37. The van der Waals surface area contributed by atoms with Gasteiger partial charge in [0.15, 0.2) is 5.13 Å². The van der Waals surface area contributed by atoms with Gasteiger partial charge in [-0.2, -0.15) is 0 Å². The number of nitrogens with two attached hydrogens (primary N) is 1. The number of hydrogen-bond donors (Lipinski definition) is 2. The van der Waals surface area contributed by atoms with Crippen LogP contribution < -0.4 is 11.1 Å². The molecule has 26 heavy (non-hydrogen) atoms. The van der Waals surface area contributed by atoms with Gasteiger partial charge in [0, 0.05) is 11.3 Å². The van der Waals surface area contributed by atoms with Gasteiger partial charge in [-0.25, -0.2) is 4.98 Å². The van der Waals surface area contributed by atoms with E-state index >= 15 is 0 Å². The van der Waals surface area contributed by atoms with Crippen molar-refractivity contribution in [3.8, 4) is 0 Å². The first-order chi connectivity index (χ1) is 12.3. The van der Waals surface area contributed by atoms with Crippen molar-refractivity contribution in [3.05, 3.63) is 68.6 Å². The molecule has 3 rings (SSSR count). The van der Waals surface area contributed by atoms with Crippen molar-refractivity contribution in [2.45, 2.75) is 34.6 Å². The second-order valence-electron chi connectivity index (χ2n) is 6.78. The Labute approximate surface area is 158 Å². The summed E-state index contributed by atoms with van der Waals surface area (Å²) in [6, 6.07) is 10.2. The molecule has 2 aromatic carbocycles. The zero-order valence-electron chi connectivity index (χ0n) is 15.7. The van der Waals surface area contributed by atoms with E-state index in [1.54, 1.807) is 0 Å². The van der Waals surface area contributed by atoms with Crippen molar-refractivity contribution in [3.63, 3.8) is 0 Å². The minimum absolute atomic E-state index is 0.0660. The lowest BCUT2D eigenvalue weighted by molar-refractivity contribution is 0.104. The summed E-state index contributed by atoms with van der Waals surface area (Å²) >= 11 is 1.30. The van der Waals surface area contributed by atoms with E-state index in [1.807, 2.05) is 52.0 Å². The number of anilines is 3. The van der Waals surface area contributed by atoms with Gasteiger partial charge in [0.25, 0.3) is 0 Å². The Morgan fingerprint density at radius 2 is 1.58 bits per heavy atom. The third kappa shape index (κ3) is 3.48. The Morgan fingerprint density at radius 1 is 0.962 bits per heavy atom. The lowest BCUT2D eigenvalue weighted by Gasteiger charge is -2.09. The van der Waals surface area contributed by atoms with E-state index in [0.29, 0.717) is 15.6 Å². The van der Waals surface area contributed by atoms with Gasteiger partial charge >= 0.3 is 0 Å². The molecule has 0 unspecified atom stereocenters. The van der Waals surface area contributed by atoms with Crippen LogP contribution in [0.15, 0.2) is 30.3 Å². The summed E-state index contributed by atoms with van der Waals surface area (Å²) in [5.41, 5.74) is 13.1. The highest BCUT2D eigenvalue weighted by molar-refractivity contribution is 7.18. The van der Waals surface area contributed by atoms with Crippen molar-refractivity contribution in [2.75, 3.05) is 11.1 Å². The highest BCUT2D eigenvalue weighted by Crippen LogP contribution is 2.32. The molecular formula is C21H23N3OS. The second-order valence-corrected chi connectivity index (χ2v) is 7.78. The molecule has 0 atom stereocenters. The molecule has 0 spiro atoms. The largest absolute Gasteiger partial charge is 0.382 e. The van der Waals surface area contributed by atoms with Crippen molar-refractivity contribution < 1.29 is 4.79 Å². The average molecular weight is 366 g/mol. The summed E-state index contributed by atoms with van der Waals surface area (Å²) in [5.74, 6) is 0.204. The Morgan fingerprint density at radius 3 is 2.19 bits per heavy atom. The Hall–Kier alpha value is -2.66. The molecule has 134 valence electrons. The van der Waals surface area contributed by atoms with Crippen molar-refractivity contribution in [1.82, 2.24) is 4.98 Å². The number of carbonyl (C=O) groups is 1. The van der Waals surface area contributed by atoms with E-state index < -0.39 is 0 Å². The molecule has 0 aliphatic carbocycles. The highest BCUT2D eigenvalue weighted by atomic mass is 32.1. The first kappa shape index (κ1) is 18.1. The Bertz CT molecular complexity index is 981. The summed E-state index contributed by atoms with van der Waals surface area (Å²) in [7, 11) is 0. The lowest BCUT2D eigenvalue weighted by atomic mass is 9.96. The maximum absolute atomic E-state index is 13.1. The number of nitrogens with zero attached hydrogens (tertiary/aromatic N) is 1. The molecule has 0 aliphatic rings. The van der Waals surface area contributed by atoms with Crippen LogP contribution in [0.4, 0.5) is 16.6 Å². The molecule has 0 fully saturated rings. The van der Waals surface area contributed by atoms with Crippen LogP contribution in [0, 0.1) is 34.6 Å². The number of carbonyl (C=O) groups excluding carboxylic acids is 1. The van der Waals surface area contributed by atoms with Gasteiger partial charge in [-0.15, -0.1) is 0 Å². The zero-order chi connectivity index (χ0) is 19.0. The summed E-state index contributed by atoms with van der Waals surface area (Å²) < 4.78 is 0. The summed E-state index contributed by atoms with van der Waals surface area (Å²) in [6.07, 6.45) is 0. The van der Waals surface area contributed by atoms with E-state index in [9.17, 15) is 4.79 Å². The molecule has 0 saturated carbocycles. The number of benzene rings is 2. The Kier molecular flexibility index (Phi) is 4.83. The van der Waals surface area contributed by atoms with Gasteiger partial charge in [0.05, 0.1) is 0 Å². The summed E-state index contributed by atoms with van der Waals surface area (Å²) in [4.78, 5) is 17.9. The number of rotatable bonds is 4. The molecule has 0 radical (unpaired) electrons. The third-order valence-electron chi connectivity index (χ3n) is 4.39. The molecule has 3 N–H and O–H groups in total. The van der Waals surface area contributed by atoms with E-state index in [1.165, 1.54) is 16.9 Å². The van der Waals surface area contributed by atoms with Gasteiger partial charge < -0.3 is 11.1 Å². The topological polar surface area (TPSA) is 68.0 Å². The fourth-order valence-electron chi connectivity index (χ4n) is 3.27. The maximum atomic E-state index is 13.1. The van der Waals surface area contributed by atoms with Crippen LogP contribution in [0.5, 0.6) is 0 Å². The van der Waals surface area contributed by atoms with Crippen LogP contribution >= 0.6 is 11.3 Å². The van der Waals surface area contributed by atoms with E-state index in [2.05, 4.69) is 23.3 Å². The second kappa shape index (κ2) is 6.92. The number of aryl methyl sites for hydroxylation is 5. The highest BCUT2D eigenvalue weighted by Gasteiger charge is 2.21. The molecular weight excluding hydrogens is 342 g/mol. The number of hydrogen-bond acceptors (Lipinski definition) is 5. The van der Waals surface area contributed by atoms with Crippen LogP contribution in [-0.2, 0) is 0 Å². The SMILES string of the molecule is Cc1ccc(Nc2nc(N)c(C(=O)c3c(C)cc(C)cc3C)s2)c(C)c1. The van der Waals surface area contributed by atoms with Crippen LogP contribution in [0.1, 0.15) is 43.1 Å². The summed E-state index contributed by atoms with van der Waals surface area (Å²) in [6.45, 7) is 10.0. The monoisotopic (exact) mass is 365 g/mol. The van der Waals surface area contributed by atoms with Crippen molar-refractivity contribution >= 4 is 33.8 Å². The van der Waals surface area contributed by atoms with Crippen molar-refractivity contribution in [1.29, 1.82) is 0 Å². The van der Waals surface area contributed by atoms with Crippen LogP contribution in [0.3, 0.4) is 0 Å². The fraction of sp³-hybridized carbons (Fsp3) is 0.238. The van der Waals surface area contributed by atoms with Gasteiger partial charge in [-0.3, -0.25) is 4.79 Å². The molecule has 1 heterocycles. The molecule has 0 bridgehead atoms. The maximum Gasteiger partial charge on any atom is 0.207 e. The summed E-state index contributed by atoms with van der Waals surface area (Å²) in [5, 5.41) is 3.91.